The van der Waals surface area contributed by atoms with E-state index in [9.17, 15) is 15.3 Å². The van der Waals surface area contributed by atoms with E-state index in [1.165, 1.54) is 37.7 Å². The van der Waals surface area contributed by atoms with Crippen LogP contribution in [-0.2, 0) is 4.74 Å². The molecule has 3 N–H and O–H groups in total. The first-order valence-electron chi connectivity index (χ1n) is 14.1. The molecule has 0 aliphatic heterocycles. The molecule has 3 aliphatic rings. The monoisotopic (exact) mass is 476 g/mol. The van der Waals surface area contributed by atoms with Crippen LogP contribution in [0.1, 0.15) is 112 Å². The van der Waals surface area contributed by atoms with Gasteiger partial charge in [-0.05, 0) is 99.7 Å². The van der Waals surface area contributed by atoms with E-state index in [-0.39, 0.29) is 5.41 Å². The number of hydrogen-bond acceptors (Lipinski definition) is 4. The quantitative estimate of drug-likeness (QED) is 0.322. The molecule has 196 valence electrons. The first-order valence-corrected chi connectivity index (χ1v) is 14.1. The molecule has 3 rings (SSSR count). The number of aliphatic hydroxyl groups excluding tert-OH is 2. The van der Waals surface area contributed by atoms with E-state index in [0.29, 0.717) is 36.5 Å². The SMILES string of the molecule is CCC(O)(CC)CCCOCC(C)(C)[C@H]1CC[C@H]2/C(=C/C=C3C[C@@H](O)C[C@H](O)C3)CCC[C@]12C. The Morgan fingerprint density at radius 2 is 1.74 bits per heavy atom. The van der Waals surface area contributed by atoms with Gasteiger partial charge in [0, 0.05) is 6.61 Å². The van der Waals surface area contributed by atoms with Crippen LogP contribution in [0.2, 0.25) is 0 Å². The number of ether oxygens (including phenoxy) is 1. The van der Waals surface area contributed by atoms with Crippen molar-refractivity contribution in [2.24, 2.45) is 22.7 Å². The molecule has 0 unspecified atom stereocenters. The molecule has 0 bridgehead atoms. The van der Waals surface area contributed by atoms with Gasteiger partial charge in [0.25, 0.3) is 0 Å². The highest BCUT2D eigenvalue weighted by atomic mass is 16.5. The number of allylic oxidation sites excluding steroid dienone is 3. The van der Waals surface area contributed by atoms with Gasteiger partial charge in [0.2, 0.25) is 0 Å². The molecule has 0 spiro atoms. The van der Waals surface area contributed by atoms with Crippen molar-refractivity contribution in [3.8, 4) is 0 Å². The summed E-state index contributed by atoms with van der Waals surface area (Å²) in [6, 6.07) is 0. The lowest BCUT2D eigenvalue weighted by molar-refractivity contribution is -0.0306. The van der Waals surface area contributed by atoms with Gasteiger partial charge in [0.05, 0.1) is 24.4 Å². The number of rotatable bonds is 10. The first kappa shape index (κ1) is 27.9. The van der Waals surface area contributed by atoms with Crippen molar-refractivity contribution in [1.29, 1.82) is 0 Å². The standard InChI is InChI=1S/C30H52O4/c1-6-30(33,7-2)16-9-17-34-21-28(3,4)27-14-13-26-23(10-8-15-29(26,27)5)12-11-22-18-24(31)20-25(32)19-22/h11-12,24-27,31-33H,6-10,13-21H2,1-5H3/b23-12+/t24-,25-,26+,27-,29+/m1/s1. The van der Waals surface area contributed by atoms with Crippen LogP contribution in [0.5, 0.6) is 0 Å². The van der Waals surface area contributed by atoms with Crippen molar-refractivity contribution in [3.05, 3.63) is 23.3 Å². The fraction of sp³-hybridized carbons (Fsp3) is 0.867. The van der Waals surface area contributed by atoms with Gasteiger partial charge in [-0.1, -0.05) is 57.9 Å². The first-order chi connectivity index (χ1) is 16.0. The third-order valence-corrected chi connectivity index (χ3v) is 9.70. The highest BCUT2D eigenvalue weighted by molar-refractivity contribution is 5.26. The highest BCUT2D eigenvalue weighted by Gasteiger charge is 2.53. The predicted octanol–water partition coefficient (Wildman–Crippen LogP) is 6.34. The molecular weight excluding hydrogens is 424 g/mol. The summed E-state index contributed by atoms with van der Waals surface area (Å²) in [6.45, 7) is 13.0. The van der Waals surface area contributed by atoms with Crippen molar-refractivity contribution in [1.82, 2.24) is 0 Å². The average Bonchev–Trinajstić information content (AvgIpc) is 3.15. The van der Waals surface area contributed by atoms with Gasteiger partial charge in [-0.3, -0.25) is 0 Å². The third kappa shape index (κ3) is 6.55. The van der Waals surface area contributed by atoms with Crippen molar-refractivity contribution in [3.63, 3.8) is 0 Å². The summed E-state index contributed by atoms with van der Waals surface area (Å²) in [5.41, 5.74) is 2.68. The molecule has 0 saturated heterocycles. The molecule has 3 aliphatic carbocycles. The number of fused-ring (bicyclic) bond motifs is 1. The normalized spacial score (nSPS) is 33.9. The van der Waals surface area contributed by atoms with Gasteiger partial charge < -0.3 is 20.1 Å². The summed E-state index contributed by atoms with van der Waals surface area (Å²) >= 11 is 0. The number of hydrogen-bond donors (Lipinski definition) is 3. The minimum absolute atomic E-state index is 0.133. The lowest BCUT2D eigenvalue weighted by Gasteiger charge is -2.48. The summed E-state index contributed by atoms with van der Waals surface area (Å²) in [7, 11) is 0. The molecular formula is C30H52O4. The highest BCUT2D eigenvalue weighted by Crippen LogP contribution is 2.62. The number of aliphatic hydroxyl groups is 3. The summed E-state index contributed by atoms with van der Waals surface area (Å²) in [5.74, 6) is 1.27. The largest absolute Gasteiger partial charge is 0.393 e. The maximum atomic E-state index is 10.5. The van der Waals surface area contributed by atoms with E-state index in [1.807, 2.05) is 0 Å². The summed E-state index contributed by atoms with van der Waals surface area (Å²) in [5, 5.41) is 30.6. The van der Waals surface area contributed by atoms with Crippen LogP contribution in [0, 0.1) is 22.7 Å². The molecule has 0 radical (unpaired) electrons. The van der Waals surface area contributed by atoms with Crippen molar-refractivity contribution in [2.75, 3.05) is 13.2 Å². The summed E-state index contributed by atoms with van der Waals surface area (Å²) < 4.78 is 6.21. The Morgan fingerprint density at radius 1 is 1.06 bits per heavy atom. The molecule has 4 nitrogen and oxygen atoms in total. The summed E-state index contributed by atoms with van der Waals surface area (Å²) in [4.78, 5) is 0. The molecule has 4 heteroatoms. The molecule has 0 amide bonds. The molecule has 3 saturated carbocycles. The van der Waals surface area contributed by atoms with Gasteiger partial charge >= 0.3 is 0 Å². The molecule has 0 aromatic heterocycles. The minimum atomic E-state index is -0.529. The maximum absolute atomic E-state index is 10.5. The molecule has 0 aromatic rings. The molecule has 3 fully saturated rings. The van der Waals surface area contributed by atoms with Gasteiger partial charge in [-0.25, -0.2) is 0 Å². The lowest BCUT2D eigenvalue weighted by Crippen LogP contribution is -2.42. The molecule has 34 heavy (non-hydrogen) atoms. The van der Waals surface area contributed by atoms with E-state index in [4.69, 9.17) is 4.74 Å². The molecule has 0 aromatic carbocycles. The smallest absolute Gasteiger partial charge is 0.0643 e. The van der Waals surface area contributed by atoms with Crippen LogP contribution >= 0.6 is 0 Å². The van der Waals surface area contributed by atoms with Gasteiger partial charge in [-0.2, -0.15) is 0 Å². The van der Waals surface area contributed by atoms with E-state index in [1.54, 1.807) is 5.57 Å². The Labute approximate surface area is 208 Å². The Bertz CT molecular complexity index is 707. The lowest BCUT2D eigenvalue weighted by atomic mass is 9.58. The zero-order valence-corrected chi connectivity index (χ0v) is 22.6. The Morgan fingerprint density at radius 3 is 2.38 bits per heavy atom. The average molecular weight is 477 g/mol. The van der Waals surface area contributed by atoms with E-state index in [2.05, 4.69) is 46.8 Å². The van der Waals surface area contributed by atoms with E-state index in [0.717, 1.165) is 38.9 Å². The van der Waals surface area contributed by atoms with E-state index >= 15 is 0 Å². The van der Waals surface area contributed by atoms with Crippen LogP contribution in [0.4, 0.5) is 0 Å². The second kappa shape index (κ2) is 11.6. The van der Waals surface area contributed by atoms with Crippen molar-refractivity contribution >= 4 is 0 Å². The van der Waals surface area contributed by atoms with Crippen LogP contribution in [0.15, 0.2) is 23.3 Å². The Kier molecular flexibility index (Phi) is 9.50. The van der Waals surface area contributed by atoms with Gasteiger partial charge in [-0.15, -0.1) is 0 Å². The Balaban J connectivity index is 1.60. The zero-order valence-electron chi connectivity index (χ0n) is 22.6. The Hall–Kier alpha value is -0.680. The molecule has 0 heterocycles. The minimum Gasteiger partial charge on any atom is -0.393 e. The van der Waals surface area contributed by atoms with Crippen molar-refractivity contribution < 1.29 is 20.1 Å². The van der Waals surface area contributed by atoms with E-state index < -0.39 is 17.8 Å². The second-order valence-corrected chi connectivity index (χ2v) is 12.6. The van der Waals surface area contributed by atoms with Gasteiger partial charge in [0.15, 0.2) is 0 Å². The van der Waals surface area contributed by atoms with Crippen molar-refractivity contribution in [2.45, 2.75) is 129 Å². The zero-order chi connectivity index (χ0) is 25.0. The van der Waals surface area contributed by atoms with Crippen LogP contribution in [0.3, 0.4) is 0 Å². The van der Waals surface area contributed by atoms with Gasteiger partial charge in [0.1, 0.15) is 0 Å². The van der Waals surface area contributed by atoms with Crippen LogP contribution < -0.4 is 0 Å². The third-order valence-electron chi connectivity index (χ3n) is 9.70. The fourth-order valence-electron chi connectivity index (χ4n) is 7.60. The maximum Gasteiger partial charge on any atom is 0.0643 e. The predicted molar refractivity (Wildman–Crippen MR) is 140 cm³/mol. The topological polar surface area (TPSA) is 69.9 Å². The fourth-order valence-corrected chi connectivity index (χ4v) is 7.60. The van der Waals surface area contributed by atoms with Crippen LogP contribution in [0.25, 0.3) is 0 Å². The second-order valence-electron chi connectivity index (χ2n) is 12.6. The van der Waals surface area contributed by atoms with Crippen LogP contribution in [-0.4, -0.2) is 46.3 Å². The molecule has 5 atom stereocenters. The summed E-state index contributed by atoms with van der Waals surface area (Å²) in [6.07, 6.45) is 15.2.